The van der Waals surface area contributed by atoms with E-state index in [0.29, 0.717) is 33.6 Å². The lowest BCUT2D eigenvalue weighted by atomic mass is 9.49. The Morgan fingerprint density at radius 1 is 1.09 bits per heavy atom. The molecule has 3 aliphatic carbocycles. The fraction of sp³-hybridized carbons (Fsp3) is 0.926. The zero-order valence-corrected chi connectivity index (χ0v) is 24.5. The number of allylic oxidation sites excluding steroid dienone is 1. The first-order valence-corrected chi connectivity index (χ1v) is 16.7. The molecule has 5 heteroatoms. The minimum absolute atomic E-state index is 0.130. The van der Waals surface area contributed by atoms with Crippen LogP contribution in [0.25, 0.3) is 0 Å². The van der Waals surface area contributed by atoms with Gasteiger partial charge in [-0.3, -0.25) is 0 Å². The molecule has 2 unspecified atom stereocenters. The van der Waals surface area contributed by atoms with Crippen LogP contribution in [0.3, 0.4) is 0 Å². The van der Waals surface area contributed by atoms with Gasteiger partial charge in [0.15, 0.2) is 8.32 Å². The van der Waals surface area contributed by atoms with Crippen LogP contribution in [0.15, 0.2) is 10.1 Å². The Kier molecular flexibility index (Phi) is 8.02. The lowest BCUT2D eigenvalue weighted by Gasteiger charge is -2.57. The molecule has 32 heavy (non-hydrogen) atoms. The second-order valence-electron chi connectivity index (χ2n) is 13.5. The summed E-state index contributed by atoms with van der Waals surface area (Å²) in [6, 6.07) is 0. The van der Waals surface area contributed by atoms with E-state index < -0.39 is 8.32 Å². The van der Waals surface area contributed by atoms with Gasteiger partial charge in [0, 0.05) is 6.61 Å². The smallest absolute Gasteiger partial charge is 0.191 e. The molecule has 186 valence electrons. The number of hydrogen-bond donors (Lipinski definition) is 1. The van der Waals surface area contributed by atoms with E-state index in [1.54, 1.807) is 0 Å². The van der Waals surface area contributed by atoms with Crippen molar-refractivity contribution in [3.63, 3.8) is 0 Å². The average molecular weight is 503 g/mol. The van der Waals surface area contributed by atoms with Crippen LogP contribution in [0.5, 0.6) is 0 Å². The summed E-state index contributed by atoms with van der Waals surface area (Å²) in [5.41, 5.74) is 8.29. The summed E-state index contributed by atoms with van der Waals surface area (Å²) in [5, 5.41) is 0.254. The number of hydrogen-bond acceptors (Lipinski definition) is 2. The van der Waals surface area contributed by atoms with Crippen LogP contribution >= 0.6 is 23.2 Å². The lowest BCUT2D eigenvalue weighted by molar-refractivity contribution is -0.0754. The molecule has 3 fully saturated rings. The fourth-order valence-corrected chi connectivity index (χ4v) is 9.14. The van der Waals surface area contributed by atoms with Gasteiger partial charge in [-0.15, -0.1) is 0 Å². The van der Waals surface area contributed by atoms with Gasteiger partial charge in [-0.1, -0.05) is 71.2 Å². The monoisotopic (exact) mass is 501 g/mol. The normalized spacial score (nSPS) is 41.0. The zero-order valence-electron chi connectivity index (χ0n) is 22.0. The predicted octanol–water partition coefficient (Wildman–Crippen LogP) is 8.54. The van der Waals surface area contributed by atoms with Crippen molar-refractivity contribution in [2.75, 3.05) is 13.2 Å². The summed E-state index contributed by atoms with van der Waals surface area (Å²) < 4.78 is 7.37. The molecule has 0 saturated heterocycles. The van der Waals surface area contributed by atoms with E-state index in [-0.39, 0.29) is 10.5 Å². The molecule has 0 bridgehead atoms. The maximum Gasteiger partial charge on any atom is 0.191 e. The van der Waals surface area contributed by atoms with Crippen LogP contribution in [-0.2, 0) is 4.43 Å². The highest BCUT2D eigenvalue weighted by Crippen LogP contribution is 2.64. The Balaban J connectivity index is 1.87. The Morgan fingerprint density at radius 3 is 2.31 bits per heavy atom. The van der Waals surface area contributed by atoms with E-state index in [1.165, 1.54) is 44.1 Å². The van der Waals surface area contributed by atoms with E-state index >= 15 is 0 Å². The van der Waals surface area contributed by atoms with Gasteiger partial charge in [0.2, 0.25) is 0 Å². The van der Waals surface area contributed by atoms with Crippen LogP contribution in [0, 0.1) is 40.4 Å². The molecule has 0 aromatic heterocycles. The molecule has 0 amide bonds. The highest BCUT2D eigenvalue weighted by atomic mass is 35.5. The number of fused-ring (bicyclic) bond motifs is 1. The van der Waals surface area contributed by atoms with Crippen LogP contribution in [0.1, 0.15) is 86.5 Å². The Hall–Kier alpha value is 0.457. The van der Waals surface area contributed by atoms with Gasteiger partial charge in [0.05, 0.1) is 0 Å². The largest absolute Gasteiger partial charge is 0.417 e. The summed E-state index contributed by atoms with van der Waals surface area (Å²) in [6.07, 6.45) is 8.59. The topological polar surface area (TPSA) is 35.2 Å². The number of halogens is 2. The molecule has 2 N–H and O–H groups in total. The van der Waals surface area contributed by atoms with Gasteiger partial charge in [0.25, 0.3) is 0 Å². The van der Waals surface area contributed by atoms with Crippen molar-refractivity contribution in [1.29, 1.82) is 0 Å². The fourth-order valence-electron chi connectivity index (χ4n) is 7.46. The van der Waals surface area contributed by atoms with Gasteiger partial charge in [0.1, 0.15) is 4.49 Å². The molecule has 0 aromatic rings. The maximum atomic E-state index is 6.86. The standard InChI is InChI=1S/C27H49Cl2NOSi/c1-18-11-13-26(5,19(15-18)17-31-32(7,8)25(2,3)4)22-12-14-27(6)21(20(22)16-30)9-10-23(27)24(28)29/h18-22H,9-17,30H2,1-8H3/t18-,19+,20-,21?,22?,26-,27-/m0/s1. The minimum atomic E-state index is -1.76. The summed E-state index contributed by atoms with van der Waals surface area (Å²) in [5.74, 6) is 3.23. The Bertz CT molecular complexity index is 713. The highest BCUT2D eigenvalue weighted by molar-refractivity contribution is 6.74. The van der Waals surface area contributed by atoms with Crippen molar-refractivity contribution in [2.45, 2.75) is 105 Å². The van der Waals surface area contributed by atoms with E-state index in [9.17, 15) is 0 Å². The summed E-state index contributed by atoms with van der Waals surface area (Å²) >= 11 is 12.7. The van der Waals surface area contributed by atoms with Crippen LogP contribution in [-0.4, -0.2) is 21.5 Å². The van der Waals surface area contributed by atoms with E-state index in [1.807, 2.05) is 0 Å². The van der Waals surface area contributed by atoms with E-state index in [2.05, 4.69) is 54.6 Å². The third-order valence-corrected chi connectivity index (χ3v) is 15.8. The molecule has 0 spiro atoms. The van der Waals surface area contributed by atoms with Crippen molar-refractivity contribution < 1.29 is 4.43 Å². The molecule has 0 aromatic carbocycles. The van der Waals surface area contributed by atoms with Crippen LogP contribution in [0.2, 0.25) is 18.1 Å². The molecule has 3 rings (SSSR count). The molecule has 0 heterocycles. The highest BCUT2D eigenvalue weighted by Gasteiger charge is 2.57. The molecule has 3 saturated carbocycles. The minimum Gasteiger partial charge on any atom is -0.417 e. The molecule has 3 aliphatic rings. The second-order valence-corrected chi connectivity index (χ2v) is 19.3. The lowest BCUT2D eigenvalue weighted by Crippen LogP contribution is -2.53. The van der Waals surface area contributed by atoms with E-state index in [0.717, 1.165) is 25.5 Å². The first kappa shape index (κ1) is 27.1. The van der Waals surface area contributed by atoms with Gasteiger partial charge >= 0.3 is 0 Å². The summed E-state index contributed by atoms with van der Waals surface area (Å²) in [7, 11) is -1.76. The van der Waals surface area contributed by atoms with Crippen molar-refractivity contribution in [1.82, 2.24) is 0 Å². The second kappa shape index (κ2) is 9.49. The predicted molar refractivity (Wildman–Crippen MR) is 143 cm³/mol. The number of nitrogens with two attached hydrogens (primary N) is 1. The molecular formula is C27H49Cl2NOSi. The summed E-state index contributed by atoms with van der Waals surface area (Å²) in [4.78, 5) is 0. The Labute approximate surface area is 209 Å². The van der Waals surface area contributed by atoms with Crippen molar-refractivity contribution in [3.8, 4) is 0 Å². The molecule has 0 aliphatic heterocycles. The molecule has 7 atom stereocenters. The van der Waals surface area contributed by atoms with Crippen LogP contribution in [0.4, 0.5) is 0 Å². The van der Waals surface area contributed by atoms with Crippen LogP contribution < -0.4 is 5.73 Å². The zero-order chi connectivity index (χ0) is 24.1. The average Bonchev–Trinajstić information content (AvgIpc) is 3.04. The van der Waals surface area contributed by atoms with Gasteiger partial charge < -0.3 is 10.2 Å². The third kappa shape index (κ3) is 4.77. The van der Waals surface area contributed by atoms with Gasteiger partial charge in [-0.05, 0) is 109 Å². The van der Waals surface area contributed by atoms with E-state index in [4.69, 9.17) is 33.4 Å². The first-order valence-electron chi connectivity index (χ1n) is 13.1. The Morgan fingerprint density at radius 2 is 1.75 bits per heavy atom. The summed E-state index contributed by atoms with van der Waals surface area (Å²) in [6.45, 7) is 21.0. The van der Waals surface area contributed by atoms with Gasteiger partial charge in [-0.25, -0.2) is 0 Å². The van der Waals surface area contributed by atoms with Crippen molar-refractivity contribution in [2.24, 2.45) is 46.2 Å². The first-order chi connectivity index (χ1) is 14.7. The number of rotatable bonds is 5. The van der Waals surface area contributed by atoms with Crippen molar-refractivity contribution >= 4 is 31.5 Å². The third-order valence-electron chi connectivity index (χ3n) is 10.8. The molecule has 2 nitrogen and oxygen atoms in total. The van der Waals surface area contributed by atoms with Gasteiger partial charge in [-0.2, -0.15) is 0 Å². The van der Waals surface area contributed by atoms with Crippen molar-refractivity contribution in [3.05, 3.63) is 10.1 Å². The maximum absolute atomic E-state index is 6.86. The SMILES string of the molecule is C[C@H]1CC[C@](C)(C2CC[C@]3(C)C(=C(Cl)Cl)CCC3[C@@H]2CN)[C@@H](CO[Si](C)(C)C(C)(C)C)C1. The molecular weight excluding hydrogens is 453 g/mol. The molecule has 0 radical (unpaired) electrons. The quantitative estimate of drug-likeness (QED) is 0.382.